The highest BCUT2D eigenvalue weighted by molar-refractivity contribution is 6.20. The van der Waals surface area contributed by atoms with Crippen molar-refractivity contribution in [2.45, 2.75) is 12.8 Å². The van der Waals surface area contributed by atoms with Crippen molar-refractivity contribution in [1.29, 1.82) is 0 Å². The fourth-order valence-electron chi connectivity index (χ4n) is 2.73. The van der Waals surface area contributed by atoms with Crippen LogP contribution in [0.25, 0.3) is 0 Å². The standard InChI is InChI=1S/C19H18N2O5/c1-25-14-7-8-16(26-2)15(11-14)20-19(24)12-3-5-13(6-4-12)21-17(22)9-10-18(21)23/h3-8,11H,9-10H2,1-2H3,(H,20,24). The predicted molar refractivity (Wildman–Crippen MR) is 95.7 cm³/mol. The topological polar surface area (TPSA) is 84.9 Å². The molecule has 26 heavy (non-hydrogen) atoms. The first-order valence-corrected chi connectivity index (χ1v) is 8.02. The van der Waals surface area contributed by atoms with Crippen molar-refractivity contribution in [2.24, 2.45) is 0 Å². The summed E-state index contributed by atoms with van der Waals surface area (Å²) in [5.74, 6) is 0.287. The maximum absolute atomic E-state index is 12.5. The van der Waals surface area contributed by atoms with Crippen molar-refractivity contribution >= 4 is 29.1 Å². The van der Waals surface area contributed by atoms with Gasteiger partial charge in [-0.1, -0.05) is 0 Å². The lowest BCUT2D eigenvalue weighted by Crippen LogP contribution is -2.28. The lowest BCUT2D eigenvalue weighted by atomic mass is 10.1. The Morgan fingerprint density at radius 2 is 1.62 bits per heavy atom. The van der Waals surface area contributed by atoms with Crippen molar-refractivity contribution in [1.82, 2.24) is 0 Å². The first-order valence-electron chi connectivity index (χ1n) is 8.02. The van der Waals surface area contributed by atoms with Crippen molar-refractivity contribution in [3.05, 3.63) is 48.0 Å². The van der Waals surface area contributed by atoms with Crippen molar-refractivity contribution < 1.29 is 23.9 Å². The molecule has 1 aliphatic heterocycles. The van der Waals surface area contributed by atoms with E-state index in [4.69, 9.17) is 9.47 Å². The largest absolute Gasteiger partial charge is 0.497 e. The fraction of sp³-hybridized carbons (Fsp3) is 0.211. The first-order chi connectivity index (χ1) is 12.5. The van der Waals surface area contributed by atoms with Gasteiger partial charge in [0.1, 0.15) is 11.5 Å². The van der Waals surface area contributed by atoms with Crippen LogP contribution in [-0.2, 0) is 9.59 Å². The second kappa shape index (κ2) is 7.26. The molecule has 3 rings (SSSR count). The number of hydrogen-bond acceptors (Lipinski definition) is 5. The van der Waals surface area contributed by atoms with E-state index in [1.54, 1.807) is 42.5 Å². The second-order valence-corrected chi connectivity index (χ2v) is 5.69. The average molecular weight is 354 g/mol. The molecule has 7 heteroatoms. The zero-order valence-corrected chi connectivity index (χ0v) is 14.4. The normalized spacial score (nSPS) is 13.7. The van der Waals surface area contributed by atoms with E-state index in [-0.39, 0.29) is 30.6 Å². The van der Waals surface area contributed by atoms with Gasteiger partial charge in [-0.3, -0.25) is 19.3 Å². The van der Waals surface area contributed by atoms with Gasteiger partial charge < -0.3 is 14.8 Å². The minimum atomic E-state index is -0.345. The smallest absolute Gasteiger partial charge is 0.255 e. The highest BCUT2D eigenvalue weighted by Crippen LogP contribution is 2.29. The molecule has 7 nitrogen and oxygen atoms in total. The summed E-state index contributed by atoms with van der Waals surface area (Å²) in [5, 5.41) is 2.77. The quantitative estimate of drug-likeness (QED) is 0.835. The van der Waals surface area contributed by atoms with Crippen LogP contribution in [0.3, 0.4) is 0 Å². The molecule has 1 fully saturated rings. The Labute approximate surface area is 150 Å². The summed E-state index contributed by atoms with van der Waals surface area (Å²) in [6, 6.07) is 11.4. The summed E-state index contributed by atoms with van der Waals surface area (Å²) in [4.78, 5) is 37.2. The van der Waals surface area contributed by atoms with Crippen LogP contribution < -0.4 is 19.7 Å². The number of carbonyl (C=O) groups excluding carboxylic acids is 3. The molecule has 0 saturated carbocycles. The van der Waals surface area contributed by atoms with Crippen LogP contribution in [0, 0.1) is 0 Å². The number of benzene rings is 2. The van der Waals surface area contributed by atoms with Crippen LogP contribution in [0.5, 0.6) is 11.5 Å². The van der Waals surface area contributed by atoms with Crippen molar-refractivity contribution in [3.63, 3.8) is 0 Å². The van der Waals surface area contributed by atoms with Crippen LogP contribution in [0.2, 0.25) is 0 Å². The number of hydrogen-bond donors (Lipinski definition) is 1. The lowest BCUT2D eigenvalue weighted by Gasteiger charge is -2.15. The molecule has 2 aromatic carbocycles. The maximum atomic E-state index is 12.5. The molecule has 1 saturated heterocycles. The third kappa shape index (κ3) is 3.37. The Kier molecular flexibility index (Phi) is 4.88. The number of ether oxygens (including phenoxy) is 2. The summed E-state index contributed by atoms with van der Waals surface area (Å²) >= 11 is 0. The van der Waals surface area contributed by atoms with Gasteiger partial charge in [0.25, 0.3) is 5.91 Å². The van der Waals surface area contributed by atoms with E-state index in [0.29, 0.717) is 28.4 Å². The van der Waals surface area contributed by atoms with Gasteiger partial charge in [-0.25, -0.2) is 0 Å². The summed E-state index contributed by atoms with van der Waals surface area (Å²) in [5.41, 5.74) is 1.33. The number of anilines is 2. The van der Waals surface area contributed by atoms with Gasteiger partial charge in [-0.05, 0) is 36.4 Å². The Morgan fingerprint density at radius 1 is 0.962 bits per heavy atom. The number of carbonyl (C=O) groups is 3. The molecule has 1 heterocycles. The number of amides is 3. The molecule has 0 aromatic heterocycles. The molecular weight excluding hydrogens is 336 g/mol. The van der Waals surface area contributed by atoms with Crippen LogP contribution in [0.15, 0.2) is 42.5 Å². The van der Waals surface area contributed by atoms with Gasteiger partial charge >= 0.3 is 0 Å². The third-order valence-electron chi connectivity index (χ3n) is 4.09. The van der Waals surface area contributed by atoms with E-state index < -0.39 is 0 Å². The van der Waals surface area contributed by atoms with Crippen LogP contribution in [0.4, 0.5) is 11.4 Å². The molecule has 134 valence electrons. The molecule has 0 bridgehead atoms. The van der Waals surface area contributed by atoms with Crippen LogP contribution in [0.1, 0.15) is 23.2 Å². The number of nitrogens with zero attached hydrogens (tertiary/aromatic N) is 1. The Hall–Kier alpha value is -3.35. The van der Waals surface area contributed by atoms with Crippen molar-refractivity contribution in [2.75, 3.05) is 24.4 Å². The van der Waals surface area contributed by atoms with Gasteiger partial charge in [0.15, 0.2) is 0 Å². The zero-order valence-electron chi connectivity index (χ0n) is 14.4. The predicted octanol–water partition coefficient (Wildman–Crippen LogP) is 2.61. The number of nitrogens with one attached hydrogen (secondary N) is 1. The van der Waals surface area contributed by atoms with E-state index in [2.05, 4.69) is 5.32 Å². The van der Waals surface area contributed by atoms with Gasteiger partial charge in [0, 0.05) is 24.5 Å². The highest BCUT2D eigenvalue weighted by atomic mass is 16.5. The minimum Gasteiger partial charge on any atom is -0.497 e. The van der Waals surface area contributed by atoms with Gasteiger partial charge in [0.05, 0.1) is 25.6 Å². The number of rotatable bonds is 5. The zero-order chi connectivity index (χ0) is 18.7. The molecule has 0 atom stereocenters. The Balaban J connectivity index is 1.79. The number of methoxy groups -OCH3 is 2. The monoisotopic (exact) mass is 354 g/mol. The average Bonchev–Trinajstić information content (AvgIpc) is 3.00. The molecule has 3 amide bonds. The molecule has 2 aromatic rings. The van der Waals surface area contributed by atoms with E-state index in [0.717, 1.165) is 4.90 Å². The SMILES string of the molecule is COc1ccc(OC)c(NC(=O)c2ccc(N3C(=O)CCC3=O)cc2)c1. The van der Waals surface area contributed by atoms with E-state index in [1.165, 1.54) is 14.2 Å². The maximum Gasteiger partial charge on any atom is 0.255 e. The summed E-state index contributed by atoms with van der Waals surface area (Å²) in [7, 11) is 3.05. The van der Waals surface area contributed by atoms with Crippen LogP contribution >= 0.6 is 0 Å². The number of imide groups is 1. The van der Waals surface area contributed by atoms with Gasteiger partial charge in [-0.2, -0.15) is 0 Å². The summed E-state index contributed by atoms with van der Waals surface area (Å²) < 4.78 is 10.4. The second-order valence-electron chi connectivity index (χ2n) is 5.69. The van der Waals surface area contributed by atoms with Gasteiger partial charge in [0.2, 0.25) is 11.8 Å². The van der Waals surface area contributed by atoms with Gasteiger partial charge in [-0.15, -0.1) is 0 Å². The van der Waals surface area contributed by atoms with E-state index >= 15 is 0 Å². The lowest BCUT2D eigenvalue weighted by molar-refractivity contribution is -0.121. The fourth-order valence-corrected chi connectivity index (χ4v) is 2.73. The summed E-state index contributed by atoms with van der Waals surface area (Å²) in [6.07, 6.45) is 0.438. The Bertz CT molecular complexity index is 845. The Morgan fingerprint density at radius 3 is 2.19 bits per heavy atom. The van der Waals surface area contributed by atoms with Crippen molar-refractivity contribution in [3.8, 4) is 11.5 Å². The molecule has 0 radical (unpaired) electrons. The molecule has 0 aliphatic carbocycles. The molecule has 1 aliphatic rings. The van der Waals surface area contributed by atoms with E-state index in [9.17, 15) is 14.4 Å². The molecule has 0 unspecified atom stereocenters. The molecular formula is C19H18N2O5. The van der Waals surface area contributed by atoms with E-state index in [1.807, 2.05) is 0 Å². The first kappa shape index (κ1) is 17.5. The molecule has 1 N–H and O–H groups in total. The van der Waals surface area contributed by atoms with Crippen LogP contribution in [-0.4, -0.2) is 31.9 Å². The summed E-state index contributed by atoms with van der Waals surface area (Å²) in [6.45, 7) is 0. The minimum absolute atomic E-state index is 0.219. The highest BCUT2D eigenvalue weighted by Gasteiger charge is 2.30. The third-order valence-corrected chi connectivity index (χ3v) is 4.09. The molecule has 0 spiro atoms.